The molecule has 0 fully saturated rings. The maximum Gasteiger partial charge on any atom is 0.430 e. The lowest BCUT2D eigenvalue weighted by molar-refractivity contribution is -0.376. The summed E-state index contributed by atoms with van der Waals surface area (Å²) in [5.74, 6) is 0. The molecule has 6 nitrogen and oxygen atoms in total. The van der Waals surface area contributed by atoms with Crippen LogP contribution in [0.1, 0.15) is 5.56 Å². The summed E-state index contributed by atoms with van der Waals surface area (Å²) in [5.41, 5.74) is -6.90. The highest BCUT2D eigenvalue weighted by molar-refractivity contribution is 7.92. The molecule has 3 aromatic rings. The molecule has 164 valence electrons. The van der Waals surface area contributed by atoms with Crippen LogP contribution in [0.2, 0.25) is 5.15 Å². The number of aliphatic hydroxyl groups is 1. The van der Waals surface area contributed by atoms with Crippen molar-refractivity contribution < 1.29 is 39.9 Å². The summed E-state index contributed by atoms with van der Waals surface area (Å²) in [5, 5.41) is 10.2. The van der Waals surface area contributed by atoms with Crippen molar-refractivity contribution in [2.24, 2.45) is 0 Å². The van der Waals surface area contributed by atoms with E-state index in [4.69, 9.17) is 11.6 Å². The average Bonchev–Trinajstić information content (AvgIpc) is 3.18. The summed E-state index contributed by atoms with van der Waals surface area (Å²) in [6.07, 6.45) is -10.7. The Balaban J connectivity index is 2.04. The van der Waals surface area contributed by atoms with Crippen molar-refractivity contribution in [2.75, 3.05) is 11.4 Å². The number of nitrogens with zero attached hydrogens (tertiary/aromatic N) is 3. The summed E-state index contributed by atoms with van der Waals surface area (Å²) in [4.78, 5) is 4.14. The Hall–Kier alpha value is -2.03. The molecule has 1 aromatic carbocycles. The Kier molecular flexibility index (Phi) is 5.29. The van der Waals surface area contributed by atoms with Gasteiger partial charge < -0.3 is 5.11 Å². The van der Waals surface area contributed by atoms with Crippen LogP contribution in [0, 0.1) is 0 Å². The zero-order chi connectivity index (χ0) is 22.7. The van der Waals surface area contributed by atoms with Crippen molar-refractivity contribution in [1.29, 1.82) is 0 Å². The van der Waals surface area contributed by atoms with Gasteiger partial charge in [-0.15, -0.1) is 11.3 Å². The number of fused-ring (bicyclic) bond motifs is 1. The molecule has 30 heavy (non-hydrogen) atoms. The van der Waals surface area contributed by atoms with Gasteiger partial charge in [0, 0.05) is 24.2 Å². The van der Waals surface area contributed by atoms with Crippen LogP contribution in [0.15, 0.2) is 40.9 Å². The van der Waals surface area contributed by atoms with E-state index in [1.54, 1.807) is 5.38 Å². The largest absolute Gasteiger partial charge is 0.430 e. The van der Waals surface area contributed by atoms with E-state index in [-0.39, 0.29) is 15.8 Å². The molecule has 0 saturated heterocycles. The normalized spacial score (nSPS) is 13.8. The van der Waals surface area contributed by atoms with Crippen molar-refractivity contribution in [1.82, 2.24) is 9.38 Å². The highest BCUT2D eigenvalue weighted by atomic mass is 35.5. The molecule has 0 bridgehead atoms. The molecule has 0 aliphatic carbocycles. The van der Waals surface area contributed by atoms with Gasteiger partial charge in [-0.05, 0) is 12.1 Å². The molecule has 3 rings (SSSR count). The smallest absolute Gasteiger partial charge is 0.369 e. The minimum Gasteiger partial charge on any atom is -0.369 e. The van der Waals surface area contributed by atoms with Crippen LogP contribution in [-0.2, 0) is 15.6 Å². The van der Waals surface area contributed by atoms with Crippen LogP contribution in [0.3, 0.4) is 0 Å². The van der Waals surface area contributed by atoms with E-state index in [2.05, 4.69) is 4.98 Å². The van der Waals surface area contributed by atoms with Crippen molar-refractivity contribution in [3.05, 3.63) is 46.6 Å². The second kappa shape index (κ2) is 7.00. The number of hydrogen-bond donors (Lipinski definition) is 1. The first-order valence-corrected chi connectivity index (χ1v) is 10.4. The number of benzene rings is 1. The topological polar surface area (TPSA) is 74.9 Å². The van der Waals surface area contributed by atoms with E-state index >= 15 is 0 Å². The second-order valence-corrected chi connectivity index (χ2v) is 9.10. The van der Waals surface area contributed by atoms with E-state index in [0.29, 0.717) is 28.6 Å². The number of anilines is 1. The number of hydrogen-bond acceptors (Lipinski definition) is 5. The van der Waals surface area contributed by atoms with Gasteiger partial charge in [-0.1, -0.05) is 23.7 Å². The van der Waals surface area contributed by atoms with Crippen LogP contribution in [-0.4, -0.2) is 42.3 Å². The number of halogens is 7. The van der Waals surface area contributed by atoms with Crippen molar-refractivity contribution in [3.63, 3.8) is 0 Å². The first kappa shape index (κ1) is 22.7. The van der Waals surface area contributed by atoms with Gasteiger partial charge in [-0.25, -0.2) is 4.98 Å². The maximum absolute atomic E-state index is 13.0. The third-order valence-corrected chi connectivity index (χ3v) is 7.20. The summed E-state index contributed by atoms with van der Waals surface area (Å²) >= 11 is 7.00. The Morgan fingerprint density at radius 1 is 1.10 bits per heavy atom. The van der Waals surface area contributed by atoms with Gasteiger partial charge in [0.1, 0.15) is 0 Å². The highest BCUT2D eigenvalue weighted by Gasteiger charge is 2.71. The number of alkyl halides is 6. The Bertz CT molecular complexity index is 1170. The molecule has 0 amide bonds. The lowest BCUT2D eigenvalue weighted by Crippen LogP contribution is -2.53. The summed E-state index contributed by atoms with van der Waals surface area (Å²) in [7, 11) is -3.35. The zero-order valence-electron chi connectivity index (χ0n) is 14.5. The summed E-state index contributed by atoms with van der Waals surface area (Å²) < 4.78 is 105. The molecule has 0 aliphatic heterocycles. The fourth-order valence-electron chi connectivity index (χ4n) is 2.64. The standard InChI is InChI=1S/C15H10ClF6N3O3S2/c1-24(30(27,28)11-10(16)23-12-25(11)6-7-29-12)9-4-2-8(3-5-9)13(26,14(17,18)19)15(20,21)22/h2-7,26H,1H3. The molecule has 0 radical (unpaired) electrons. The van der Waals surface area contributed by atoms with Crippen LogP contribution < -0.4 is 4.31 Å². The third-order valence-electron chi connectivity index (χ3n) is 4.25. The van der Waals surface area contributed by atoms with Crippen LogP contribution in [0.4, 0.5) is 32.0 Å². The van der Waals surface area contributed by atoms with Gasteiger partial charge in [-0.2, -0.15) is 34.8 Å². The first-order valence-electron chi connectivity index (χ1n) is 7.68. The Morgan fingerprint density at radius 2 is 1.63 bits per heavy atom. The first-order chi connectivity index (χ1) is 13.6. The molecule has 2 heterocycles. The quantitative estimate of drug-likeness (QED) is 0.553. The average molecular weight is 494 g/mol. The molecular weight excluding hydrogens is 484 g/mol. The minimum absolute atomic E-state index is 0.266. The van der Waals surface area contributed by atoms with Gasteiger partial charge >= 0.3 is 12.4 Å². The fraction of sp³-hybridized carbons (Fsp3) is 0.267. The number of sulfonamides is 1. The third kappa shape index (κ3) is 3.31. The molecule has 0 aliphatic rings. The minimum atomic E-state index is -6.06. The lowest BCUT2D eigenvalue weighted by Gasteiger charge is -2.32. The monoisotopic (exact) mass is 493 g/mol. The predicted octanol–water partition coefficient (Wildman–Crippen LogP) is 4.19. The molecule has 0 spiro atoms. The fourth-order valence-corrected chi connectivity index (χ4v) is 5.24. The van der Waals surface area contributed by atoms with Gasteiger partial charge in [-0.3, -0.25) is 8.71 Å². The van der Waals surface area contributed by atoms with E-state index in [9.17, 15) is 39.9 Å². The van der Waals surface area contributed by atoms with E-state index in [0.717, 1.165) is 18.4 Å². The van der Waals surface area contributed by atoms with Crippen molar-refractivity contribution >= 4 is 43.6 Å². The number of imidazole rings is 1. The maximum atomic E-state index is 13.0. The lowest BCUT2D eigenvalue weighted by atomic mass is 9.92. The predicted molar refractivity (Wildman–Crippen MR) is 96.1 cm³/mol. The molecular formula is C15H10ClF6N3O3S2. The molecule has 2 aromatic heterocycles. The van der Waals surface area contributed by atoms with Crippen LogP contribution >= 0.6 is 22.9 Å². The summed E-state index contributed by atoms with van der Waals surface area (Å²) in [6, 6.07) is 2.10. The SMILES string of the molecule is CN(c1ccc(C(O)(C(F)(F)F)C(F)(F)F)cc1)S(=O)(=O)c1c(Cl)nc2sccn12. The number of aromatic nitrogens is 2. The zero-order valence-corrected chi connectivity index (χ0v) is 16.9. The molecule has 15 heteroatoms. The van der Waals surface area contributed by atoms with Crippen LogP contribution in [0.25, 0.3) is 4.96 Å². The van der Waals surface area contributed by atoms with Gasteiger partial charge in [0.2, 0.25) is 0 Å². The molecule has 0 unspecified atom stereocenters. The molecule has 1 N–H and O–H groups in total. The van der Waals surface area contributed by atoms with E-state index < -0.39 is 38.6 Å². The van der Waals surface area contributed by atoms with E-state index in [1.807, 2.05) is 0 Å². The highest BCUT2D eigenvalue weighted by Crippen LogP contribution is 2.50. The molecule has 0 atom stereocenters. The van der Waals surface area contributed by atoms with Crippen molar-refractivity contribution in [2.45, 2.75) is 23.0 Å². The molecule has 0 saturated carbocycles. The number of thiazole rings is 1. The second-order valence-electron chi connectivity index (χ2n) is 5.99. The van der Waals surface area contributed by atoms with Gasteiger partial charge in [0.05, 0.1) is 5.69 Å². The number of rotatable bonds is 4. The van der Waals surface area contributed by atoms with E-state index in [1.165, 1.54) is 10.6 Å². The van der Waals surface area contributed by atoms with Gasteiger partial charge in [0.15, 0.2) is 15.1 Å². The summed E-state index contributed by atoms with van der Waals surface area (Å²) in [6.45, 7) is 0. The Labute approximate surface area is 174 Å². The van der Waals surface area contributed by atoms with Crippen molar-refractivity contribution in [3.8, 4) is 0 Å². The Morgan fingerprint density at radius 3 is 2.13 bits per heavy atom. The van der Waals surface area contributed by atoms with Crippen LogP contribution in [0.5, 0.6) is 0 Å². The van der Waals surface area contributed by atoms with Gasteiger partial charge in [0.25, 0.3) is 15.6 Å².